The summed E-state index contributed by atoms with van der Waals surface area (Å²) in [5.41, 5.74) is 11.3. The zero-order valence-corrected chi connectivity index (χ0v) is 11.7. The van der Waals surface area contributed by atoms with E-state index in [1.165, 1.54) is 0 Å². The van der Waals surface area contributed by atoms with Gasteiger partial charge in [-0.05, 0) is 39.0 Å². The summed E-state index contributed by atoms with van der Waals surface area (Å²) in [6, 6.07) is 0.357. The number of carbonyl (C=O) groups is 2. The number of hydrogen-bond donors (Lipinski definition) is 2. The lowest BCUT2D eigenvalue weighted by Crippen LogP contribution is -2.51. The second-order valence-electron chi connectivity index (χ2n) is 6.14. The van der Waals surface area contributed by atoms with Crippen molar-refractivity contribution < 1.29 is 9.59 Å². The van der Waals surface area contributed by atoms with Crippen LogP contribution in [0.1, 0.15) is 45.4 Å². The molecule has 0 aromatic heterocycles. The molecule has 1 saturated carbocycles. The number of amides is 2. The van der Waals surface area contributed by atoms with Gasteiger partial charge in [0.05, 0.1) is 5.92 Å². The number of nitrogens with zero attached hydrogens (tertiary/aromatic N) is 1. The van der Waals surface area contributed by atoms with Crippen LogP contribution in [0.15, 0.2) is 0 Å². The quantitative estimate of drug-likeness (QED) is 0.768. The molecule has 0 bridgehead atoms. The summed E-state index contributed by atoms with van der Waals surface area (Å²) in [5.74, 6) is -0.256. The first-order chi connectivity index (χ1) is 8.99. The monoisotopic (exact) mass is 267 g/mol. The summed E-state index contributed by atoms with van der Waals surface area (Å²) in [7, 11) is 0. The number of nitrogens with two attached hydrogens (primary N) is 2. The molecule has 2 rings (SSSR count). The van der Waals surface area contributed by atoms with Crippen LogP contribution in [0.4, 0.5) is 0 Å². The summed E-state index contributed by atoms with van der Waals surface area (Å²) >= 11 is 0. The molecule has 5 heteroatoms. The van der Waals surface area contributed by atoms with Crippen molar-refractivity contribution in [3.63, 3.8) is 0 Å². The highest BCUT2D eigenvalue weighted by molar-refractivity contribution is 5.82. The Kier molecular flexibility index (Phi) is 4.45. The number of carbonyl (C=O) groups excluding carboxylic acids is 2. The van der Waals surface area contributed by atoms with Crippen molar-refractivity contribution in [2.24, 2.45) is 23.3 Å². The maximum absolute atomic E-state index is 12.6. The Morgan fingerprint density at radius 2 is 1.84 bits per heavy atom. The van der Waals surface area contributed by atoms with Gasteiger partial charge in [-0.1, -0.05) is 6.42 Å². The molecule has 4 atom stereocenters. The number of primary amides is 1. The number of rotatable bonds is 2. The van der Waals surface area contributed by atoms with E-state index in [2.05, 4.69) is 6.92 Å². The SMILES string of the molecule is C[C@@H]1CC[C@H](C(N)=O)CN1C(=O)[C@H]1CCC[C@@H](N)C1. The van der Waals surface area contributed by atoms with E-state index >= 15 is 0 Å². The van der Waals surface area contributed by atoms with Gasteiger partial charge in [0.25, 0.3) is 0 Å². The van der Waals surface area contributed by atoms with Crippen molar-refractivity contribution in [3.05, 3.63) is 0 Å². The van der Waals surface area contributed by atoms with E-state index < -0.39 is 0 Å². The van der Waals surface area contributed by atoms with Crippen LogP contribution in [-0.4, -0.2) is 35.3 Å². The van der Waals surface area contributed by atoms with Crippen molar-refractivity contribution in [1.29, 1.82) is 0 Å². The lowest BCUT2D eigenvalue weighted by Gasteiger charge is -2.40. The standard InChI is InChI=1S/C14H25N3O2/c1-9-5-6-11(13(16)18)8-17(9)14(19)10-3-2-4-12(15)7-10/h9-12H,2-8,15H2,1H3,(H2,16,18)/t9-,10+,11+,12-/m1/s1. The number of hydrogen-bond acceptors (Lipinski definition) is 3. The fourth-order valence-electron chi connectivity index (χ4n) is 3.33. The zero-order valence-electron chi connectivity index (χ0n) is 11.7. The Balaban J connectivity index is 2.01. The maximum Gasteiger partial charge on any atom is 0.226 e. The minimum absolute atomic E-state index is 0.0397. The van der Waals surface area contributed by atoms with Crippen LogP contribution >= 0.6 is 0 Å². The minimum Gasteiger partial charge on any atom is -0.369 e. The van der Waals surface area contributed by atoms with Crippen LogP contribution in [0, 0.1) is 11.8 Å². The molecule has 19 heavy (non-hydrogen) atoms. The predicted octanol–water partition coefficient (Wildman–Crippen LogP) is 0.616. The molecule has 1 heterocycles. The summed E-state index contributed by atoms with van der Waals surface area (Å²) < 4.78 is 0. The molecule has 5 nitrogen and oxygen atoms in total. The molecule has 0 radical (unpaired) electrons. The van der Waals surface area contributed by atoms with Crippen molar-refractivity contribution in [3.8, 4) is 0 Å². The van der Waals surface area contributed by atoms with Crippen LogP contribution in [-0.2, 0) is 9.59 Å². The third kappa shape index (κ3) is 3.26. The second kappa shape index (κ2) is 5.90. The van der Waals surface area contributed by atoms with Gasteiger partial charge in [0.2, 0.25) is 11.8 Å². The van der Waals surface area contributed by atoms with E-state index in [1.807, 2.05) is 4.90 Å². The first-order valence-electron chi connectivity index (χ1n) is 7.34. The Morgan fingerprint density at radius 3 is 2.47 bits per heavy atom. The van der Waals surface area contributed by atoms with E-state index in [4.69, 9.17) is 11.5 Å². The molecule has 1 aliphatic carbocycles. The van der Waals surface area contributed by atoms with Gasteiger partial charge in [-0.3, -0.25) is 9.59 Å². The van der Waals surface area contributed by atoms with E-state index in [1.54, 1.807) is 0 Å². The minimum atomic E-state index is -0.287. The normalized spacial score (nSPS) is 36.0. The molecule has 0 unspecified atom stereocenters. The second-order valence-corrected chi connectivity index (χ2v) is 6.14. The van der Waals surface area contributed by atoms with Gasteiger partial charge < -0.3 is 16.4 Å². The van der Waals surface area contributed by atoms with Crippen molar-refractivity contribution in [2.75, 3.05) is 6.54 Å². The van der Waals surface area contributed by atoms with Crippen molar-refractivity contribution >= 4 is 11.8 Å². The Hall–Kier alpha value is -1.10. The van der Waals surface area contributed by atoms with Gasteiger partial charge in [-0.25, -0.2) is 0 Å². The average Bonchev–Trinajstić information content (AvgIpc) is 2.38. The first kappa shape index (κ1) is 14.3. The summed E-state index contributed by atoms with van der Waals surface area (Å²) in [4.78, 5) is 25.8. The Bertz CT molecular complexity index is 359. The zero-order chi connectivity index (χ0) is 14.0. The van der Waals surface area contributed by atoms with Gasteiger partial charge in [-0.15, -0.1) is 0 Å². The summed E-state index contributed by atoms with van der Waals surface area (Å²) in [6.07, 6.45) is 5.41. The molecule has 108 valence electrons. The van der Waals surface area contributed by atoms with Crippen LogP contribution in [0.5, 0.6) is 0 Å². The third-order valence-electron chi connectivity index (χ3n) is 4.63. The fraction of sp³-hybridized carbons (Fsp3) is 0.857. The molecule has 4 N–H and O–H groups in total. The summed E-state index contributed by atoms with van der Waals surface area (Å²) in [6.45, 7) is 2.54. The molecule has 0 aromatic carbocycles. The Morgan fingerprint density at radius 1 is 1.11 bits per heavy atom. The molecule has 1 aliphatic heterocycles. The van der Waals surface area contributed by atoms with Crippen molar-refractivity contribution in [2.45, 2.75) is 57.5 Å². The van der Waals surface area contributed by atoms with Gasteiger partial charge in [0.1, 0.15) is 0 Å². The smallest absolute Gasteiger partial charge is 0.226 e. The van der Waals surface area contributed by atoms with Gasteiger partial charge in [0, 0.05) is 24.5 Å². The van der Waals surface area contributed by atoms with E-state index in [0.717, 1.165) is 38.5 Å². The van der Waals surface area contributed by atoms with Gasteiger partial charge in [-0.2, -0.15) is 0 Å². The fourth-order valence-corrected chi connectivity index (χ4v) is 3.33. The molecular weight excluding hydrogens is 242 g/mol. The lowest BCUT2D eigenvalue weighted by atomic mass is 9.83. The topological polar surface area (TPSA) is 89.4 Å². The van der Waals surface area contributed by atoms with E-state index in [9.17, 15) is 9.59 Å². The number of likely N-dealkylation sites (tertiary alicyclic amines) is 1. The molecule has 2 amide bonds. The molecule has 0 spiro atoms. The molecule has 0 aromatic rings. The largest absolute Gasteiger partial charge is 0.369 e. The molecule has 1 saturated heterocycles. The van der Waals surface area contributed by atoms with Gasteiger partial charge in [0.15, 0.2) is 0 Å². The highest BCUT2D eigenvalue weighted by Gasteiger charge is 2.36. The molecule has 2 aliphatic rings. The summed E-state index contributed by atoms with van der Waals surface area (Å²) in [5, 5.41) is 0. The highest BCUT2D eigenvalue weighted by Crippen LogP contribution is 2.29. The average molecular weight is 267 g/mol. The van der Waals surface area contributed by atoms with Crippen molar-refractivity contribution in [1.82, 2.24) is 4.90 Å². The third-order valence-corrected chi connectivity index (χ3v) is 4.63. The molecule has 2 fully saturated rings. The first-order valence-corrected chi connectivity index (χ1v) is 7.34. The number of piperidine rings is 1. The van der Waals surface area contributed by atoms with Crippen LogP contribution < -0.4 is 11.5 Å². The van der Waals surface area contributed by atoms with E-state index in [0.29, 0.717) is 6.54 Å². The van der Waals surface area contributed by atoms with Crippen LogP contribution in [0.2, 0.25) is 0 Å². The lowest BCUT2D eigenvalue weighted by molar-refractivity contribution is -0.142. The van der Waals surface area contributed by atoms with Crippen LogP contribution in [0.25, 0.3) is 0 Å². The van der Waals surface area contributed by atoms with Gasteiger partial charge >= 0.3 is 0 Å². The highest BCUT2D eigenvalue weighted by atomic mass is 16.2. The Labute approximate surface area is 114 Å². The maximum atomic E-state index is 12.6. The van der Waals surface area contributed by atoms with E-state index in [-0.39, 0.29) is 35.7 Å². The molecular formula is C14H25N3O2. The van der Waals surface area contributed by atoms with Crippen LogP contribution in [0.3, 0.4) is 0 Å². The predicted molar refractivity (Wildman–Crippen MR) is 73.0 cm³/mol.